The summed E-state index contributed by atoms with van der Waals surface area (Å²) in [6.45, 7) is 6.74. The lowest BCUT2D eigenvalue weighted by Gasteiger charge is -2.09. The van der Waals surface area contributed by atoms with Crippen molar-refractivity contribution in [2.24, 2.45) is 0 Å². The van der Waals surface area contributed by atoms with Gasteiger partial charge in [0.2, 0.25) is 0 Å². The predicted octanol–water partition coefficient (Wildman–Crippen LogP) is 3.36. The molecular weight excluding hydrogens is 164 g/mol. The van der Waals surface area contributed by atoms with Gasteiger partial charge in [0, 0.05) is 0 Å². The van der Waals surface area contributed by atoms with Crippen molar-refractivity contribution in [1.82, 2.24) is 0 Å². The minimum atomic E-state index is 0.500. The van der Waals surface area contributed by atoms with E-state index >= 15 is 0 Å². The van der Waals surface area contributed by atoms with Crippen molar-refractivity contribution >= 4 is 0 Å². The van der Waals surface area contributed by atoms with E-state index in [9.17, 15) is 0 Å². The average Bonchev–Trinajstić information content (AvgIpc) is 2.22. The Morgan fingerprint density at radius 3 is 1.62 bits per heavy atom. The van der Waals surface area contributed by atoms with Crippen LogP contribution in [0.1, 0.15) is 52.4 Å². The Kier molecular flexibility index (Phi) is 11.8. The molecule has 1 saturated heterocycles. The normalized spacial score (nSPS) is 16.2. The Morgan fingerprint density at radius 2 is 1.38 bits per heavy atom. The highest BCUT2D eigenvalue weighted by Crippen LogP contribution is 2.00. The molecule has 0 amide bonds. The molecule has 0 unspecified atom stereocenters. The Bertz CT molecular complexity index is 64.6. The van der Waals surface area contributed by atoms with Gasteiger partial charge in [-0.1, -0.05) is 46.0 Å². The second-order valence-electron chi connectivity index (χ2n) is 3.35. The third kappa shape index (κ3) is 11.9. The lowest BCUT2D eigenvalue weighted by atomic mass is 10.2. The lowest BCUT2D eigenvalue weighted by molar-refractivity contribution is -0.0963. The molecule has 0 spiro atoms. The second kappa shape index (κ2) is 11.9. The minimum Gasteiger partial charge on any atom is -0.355 e. The molecule has 0 aromatic heterocycles. The molecule has 1 rings (SSSR count). The van der Waals surface area contributed by atoms with Crippen molar-refractivity contribution in [3.8, 4) is 0 Å². The van der Waals surface area contributed by atoms with Crippen molar-refractivity contribution < 1.29 is 9.47 Å². The van der Waals surface area contributed by atoms with Gasteiger partial charge in [0.1, 0.15) is 6.79 Å². The predicted molar refractivity (Wildman–Crippen MR) is 55.8 cm³/mol. The highest BCUT2D eigenvalue weighted by Gasteiger charge is 1.94. The van der Waals surface area contributed by atoms with Crippen LogP contribution in [-0.4, -0.2) is 20.0 Å². The summed E-state index contributed by atoms with van der Waals surface area (Å²) in [5, 5.41) is 0. The summed E-state index contributed by atoms with van der Waals surface area (Å²) in [5.41, 5.74) is 0. The van der Waals surface area contributed by atoms with Gasteiger partial charge >= 0.3 is 0 Å². The maximum atomic E-state index is 4.85. The van der Waals surface area contributed by atoms with Crippen molar-refractivity contribution in [1.29, 1.82) is 0 Å². The second-order valence-corrected chi connectivity index (χ2v) is 3.35. The molecule has 0 aromatic carbocycles. The van der Waals surface area contributed by atoms with Gasteiger partial charge in [-0.15, -0.1) is 0 Å². The van der Waals surface area contributed by atoms with Crippen LogP contribution < -0.4 is 0 Å². The van der Waals surface area contributed by atoms with Gasteiger partial charge in [-0.05, 0) is 6.42 Å². The zero-order valence-corrected chi connectivity index (χ0v) is 9.18. The average molecular weight is 188 g/mol. The molecule has 2 heteroatoms. The van der Waals surface area contributed by atoms with Crippen molar-refractivity contribution in [2.45, 2.75) is 52.4 Å². The smallest absolute Gasteiger partial charge is 0.146 e. The van der Waals surface area contributed by atoms with Crippen LogP contribution in [0, 0.1) is 0 Å². The van der Waals surface area contributed by atoms with Crippen LogP contribution >= 0.6 is 0 Å². The number of hydrogen-bond acceptors (Lipinski definition) is 2. The molecule has 13 heavy (non-hydrogen) atoms. The summed E-state index contributed by atoms with van der Waals surface area (Å²) in [6.07, 6.45) is 8.06. The number of rotatable bonds is 4. The highest BCUT2D eigenvalue weighted by molar-refractivity contribution is 4.36. The zero-order chi connectivity index (χ0) is 9.78. The zero-order valence-electron chi connectivity index (χ0n) is 9.18. The minimum absolute atomic E-state index is 0.500. The van der Waals surface area contributed by atoms with Crippen molar-refractivity contribution in [2.75, 3.05) is 20.0 Å². The topological polar surface area (TPSA) is 18.5 Å². The van der Waals surface area contributed by atoms with Crippen molar-refractivity contribution in [3.05, 3.63) is 0 Å². The van der Waals surface area contributed by atoms with E-state index in [1.165, 1.54) is 32.1 Å². The SMILES string of the molecule is C1COCOC1.CCCCCCC. The first-order valence-electron chi connectivity index (χ1n) is 5.57. The molecule has 1 aliphatic heterocycles. The molecule has 0 radical (unpaired) electrons. The highest BCUT2D eigenvalue weighted by atomic mass is 16.7. The maximum Gasteiger partial charge on any atom is 0.146 e. The van der Waals surface area contributed by atoms with Gasteiger partial charge in [-0.25, -0.2) is 0 Å². The Labute approximate surface area is 82.6 Å². The van der Waals surface area contributed by atoms with Crippen LogP contribution in [0.4, 0.5) is 0 Å². The number of ether oxygens (including phenoxy) is 2. The monoisotopic (exact) mass is 188 g/mol. The van der Waals surface area contributed by atoms with Crippen LogP contribution in [0.15, 0.2) is 0 Å². The first-order chi connectivity index (χ1) is 6.41. The Morgan fingerprint density at radius 1 is 0.846 bits per heavy atom. The molecule has 1 aliphatic rings. The summed E-state index contributed by atoms with van der Waals surface area (Å²) < 4.78 is 9.69. The van der Waals surface area contributed by atoms with Crippen LogP contribution in [0.25, 0.3) is 0 Å². The standard InChI is InChI=1S/C7H16.C4H8O2/c1-3-5-7-6-4-2;1-2-5-4-6-3-1/h3-7H2,1-2H3;1-4H2. The fourth-order valence-corrected chi connectivity index (χ4v) is 1.12. The Hall–Kier alpha value is -0.0800. The van der Waals surface area contributed by atoms with E-state index in [1.807, 2.05) is 0 Å². The van der Waals surface area contributed by atoms with E-state index in [-0.39, 0.29) is 0 Å². The van der Waals surface area contributed by atoms with E-state index in [0.29, 0.717) is 6.79 Å². The van der Waals surface area contributed by atoms with E-state index in [2.05, 4.69) is 13.8 Å². The molecule has 0 bridgehead atoms. The Balaban J connectivity index is 0.000000223. The van der Waals surface area contributed by atoms with Gasteiger partial charge in [0.25, 0.3) is 0 Å². The molecule has 0 atom stereocenters. The lowest BCUT2D eigenvalue weighted by Crippen LogP contribution is -2.11. The van der Waals surface area contributed by atoms with Crippen LogP contribution in [-0.2, 0) is 9.47 Å². The summed E-state index contributed by atoms with van der Waals surface area (Å²) in [4.78, 5) is 0. The van der Waals surface area contributed by atoms with E-state index in [0.717, 1.165) is 19.6 Å². The van der Waals surface area contributed by atoms with Gasteiger partial charge in [0.05, 0.1) is 13.2 Å². The van der Waals surface area contributed by atoms with Gasteiger partial charge < -0.3 is 9.47 Å². The van der Waals surface area contributed by atoms with Gasteiger partial charge in [-0.3, -0.25) is 0 Å². The summed E-state index contributed by atoms with van der Waals surface area (Å²) >= 11 is 0. The van der Waals surface area contributed by atoms with Crippen molar-refractivity contribution in [3.63, 3.8) is 0 Å². The maximum absolute atomic E-state index is 4.85. The van der Waals surface area contributed by atoms with E-state index in [1.54, 1.807) is 0 Å². The summed E-state index contributed by atoms with van der Waals surface area (Å²) in [7, 11) is 0. The molecule has 2 nitrogen and oxygen atoms in total. The molecule has 80 valence electrons. The number of hydrogen-bond donors (Lipinski definition) is 0. The molecule has 1 heterocycles. The quantitative estimate of drug-likeness (QED) is 0.630. The van der Waals surface area contributed by atoms with Gasteiger partial charge in [0.15, 0.2) is 0 Å². The first kappa shape index (κ1) is 12.9. The molecule has 1 fully saturated rings. The molecule has 0 aromatic rings. The summed E-state index contributed by atoms with van der Waals surface area (Å²) in [6, 6.07) is 0. The fourth-order valence-electron chi connectivity index (χ4n) is 1.12. The van der Waals surface area contributed by atoms with Crippen LogP contribution in [0.2, 0.25) is 0 Å². The third-order valence-corrected chi connectivity index (χ3v) is 1.95. The van der Waals surface area contributed by atoms with Crippen LogP contribution in [0.5, 0.6) is 0 Å². The molecule has 0 N–H and O–H groups in total. The van der Waals surface area contributed by atoms with E-state index < -0.39 is 0 Å². The molecule has 0 saturated carbocycles. The molecular formula is C11H24O2. The fraction of sp³-hybridized carbons (Fsp3) is 1.00. The van der Waals surface area contributed by atoms with E-state index in [4.69, 9.17) is 9.47 Å². The molecule has 0 aliphatic carbocycles. The third-order valence-electron chi connectivity index (χ3n) is 1.95. The van der Waals surface area contributed by atoms with Gasteiger partial charge in [-0.2, -0.15) is 0 Å². The largest absolute Gasteiger partial charge is 0.355 e. The first-order valence-corrected chi connectivity index (χ1v) is 5.57. The summed E-state index contributed by atoms with van der Waals surface area (Å²) in [5.74, 6) is 0. The number of unbranched alkanes of at least 4 members (excludes halogenated alkanes) is 4. The van der Waals surface area contributed by atoms with Crippen LogP contribution in [0.3, 0.4) is 0 Å².